The number of nitrogens with zero attached hydrogens (tertiary/aromatic N) is 2. The van der Waals surface area contributed by atoms with Gasteiger partial charge in [0.05, 0.1) is 10.6 Å². The summed E-state index contributed by atoms with van der Waals surface area (Å²) in [6.07, 6.45) is 1.93. The Labute approximate surface area is 214 Å². The zero-order chi connectivity index (χ0) is 24.5. The molecule has 1 fully saturated rings. The van der Waals surface area contributed by atoms with Gasteiger partial charge in [-0.3, -0.25) is 4.79 Å². The number of halogens is 1. The minimum Gasteiger partial charge on any atom is -0.318 e. The Hall–Kier alpha value is -3.54. The number of aromatic nitrogens is 1. The molecule has 1 aliphatic heterocycles. The molecule has 5 rings (SSSR count). The van der Waals surface area contributed by atoms with Crippen LogP contribution in [-0.2, 0) is 4.79 Å². The van der Waals surface area contributed by atoms with Gasteiger partial charge in [0.1, 0.15) is 0 Å². The maximum Gasteiger partial charge on any atom is 0.264 e. The highest BCUT2D eigenvalue weighted by atomic mass is 35.5. The normalized spacial score (nSPS) is 15.7. The molecule has 2 heterocycles. The summed E-state index contributed by atoms with van der Waals surface area (Å²) in [5.41, 5.74) is 8.35. The first-order valence-electron chi connectivity index (χ1n) is 11.3. The number of aryl methyl sites for hydroxylation is 2. The molecule has 1 saturated heterocycles. The Bertz CT molecular complexity index is 1480. The van der Waals surface area contributed by atoms with Gasteiger partial charge in [0, 0.05) is 22.1 Å². The molecule has 0 aliphatic carbocycles. The van der Waals surface area contributed by atoms with E-state index in [4.69, 9.17) is 11.6 Å². The number of nitrogens with one attached hydrogen (secondary N) is 1. The molecule has 3 aromatic carbocycles. The molecule has 0 bridgehead atoms. The van der Waals surface area contributed by atoms with Gasteiger partial charge in [-0.05, 0) is 91.2 Å². The fraction of sp³-hybridized carbons (Fsp3) is 0.103. The number of aliphatic imine (C=N–C) groups is 1. The summed E-state index contributed by atoms with van der Waals surface area (Å²) in [5, 5.41) is 4.06. The topological polar surface area (TPSA) is 46.4 Å². The lowest BCUT2D eigenvalue weighted by Gasteiger charge is -2.11. The molecule has 1 N–H and O–H groups in total. The Morgan fingerprint density at radius 1 is 0.914 bits per heavy atom. The largest absolute Gasteiger partial charge is 0.318 e. The van der Waals surface area contributed by atoms with E-state index in [0.29, 0.717) is 20.8 Å². The van der Waals surface area contributed by atoms with Crippen molar-refractivity contribution in [2.75, 3.05) is 0 Å². The smallest absolute Gasteiger partial charge is 0.264 e. The third-order valence-electron chi connectivity index (χ3n) is 6.03. The van der Waals surface area contributed by atoms with Gasteiger partial charge in [0.2, 0.25) is 0 Å². The van der Waals surface area contributed by atoms with Crippen molar-refractivity contribution in [3.8, 4) is 16.8 Å². The van der Waals surface area contributed by atoms with Gasteiger partial charge in [-0.15, -0.1) is 0 Å². The van der Waals surface area contributed by atoms with Crippen LogP contribution in [-0.4, -0.2) is 15.6 Å². The third kappa shape index (κ3) is 4.83. The highest BCUT2D eigenvalue weighted by Crippen LogP contribution is 2.32. The van der Waals surface area contributed by atoms with Crippen LogP contribution in [0, 0.1) is 20.8 Å². The summed E-state index contributed by atoms with van der Waals surface area (Å²) in [7, 11) is 0. The fourth-order valence-corrected chi connectivity index (χ4v) is 5.16. The molecule has 35 heavy (non-hydrogen) atoms. The molecule has 1 amide bonds. The number of amidine groups is 1. The molecule has 0 atom stereocenters. The first kappa shape index (κ1) is 23.2. The van der Waals surface area contributed by atoms with Crippen molar-refractivity contribution in [2.45, 2.75) is 20.8 Å². The van der Waals surface area contributed by atoms with Crippen LogP contribution in [0.3, 0.4) is 0 Å². The van der Waals surface area contributed by atoms with Gasteiger partial charge in [0.25, 0.3) is 5.91 Å². The van der Waals surface area contributed by atoms with Crippen molar-refractivity contribution in [2.24, 2.45) is 4.99 Å². The number of carbonyl (C=O) groups is 1. The third-order valence-corrected chi connectivity index (χ3v) is 7.34. The molecule has 4 nitrogen and oxygen atoms in total. The van der Waals surface area contributed by atoms with Crippen LogP contribution in [0.15, 0.2) is 88.8 Å². The number of hydrogen-bond donors (Lipinski definition) is 1. The number of amides is 1. The Balaban J connectivity index is 1.41. The van der Waals surface area contributed by atoms with Gasteiger partial charge >= 0.3 is 0 Å². The summed E-state index contributed by atoms with van der Waals surface area (Å²) in [6, 6.07) is 26.6. The van der Waals surface area contributed by atoms with E-state index >= 15 is 0 Å². The van der Waals surface area contributed by atoms with Gasteiger partial charge in [-0.2, -0.15) is 0 Å². The summed E-state index contributed by atoms with van der Waals surface area (Å²) < 4.78 is 2.21. The first-order chi connectivity index (χ1) is 16.9. The molecule has 0 radical (unpaired) electrons. The van der Waals surface area contributed by atoms with Crippen LogP contribution in [0.5, 0.6) is 0 Å². The van der Waals surface area contributed by atoms with Crippen molar-refractivity contribution in [3.63, 3.8) is 0 Å². The lowest BCUT2D eigenvalue weighted by atomic mass is 10.1. The van der Waals surface area contributed by atoms with Gasteiger partial charge < -0.3 is 9.88 Å². The van der Waals surface area contributed by atoms with Crippen molar-refractivity contribution >= 4 is 46.2 Å². The maximum atomic E-state index is 12.6. The molecule has 1 aliphatic rings. The lowest BCUT2D eigenvalue weighted by Crippen LogP contribution is -2.19. The zero-order valence-corrected chi connectivity index (χ0v) is 21.2. The quantitative estimate of drug-likeness (QED) is 0.295. The predicted molar refractivity (Wildman–Crippen MR) is 148 cm³/mol. The van der Waals surface area contributed by atoms with Crippen molar-refractivity contribution in [1.29, 1.82) is 0 Å². The van der Waals surface area contributed by atoms with Crippen LogP contribution in [0.2, 0.25) is 5.02 Å². The molecule has 6 heteroatoms. The van der Waals surface area contributed by atoms with E-state index in [2.05, 4.69) is 71.2 Å². The molecule has 1 aromatic heterocycles. The number of thioether (sulfide) groups is 1. The maximum absolute atomic E-state index is 12.6. The minimum absolute atomic E-state index is 0.149. The monoisotopic (exact) mass is 497 g/mol. The van der Waals surface area contributed by atoms with Crippen molar-refractivity contribution < 1.29 is 4.79 Å². The average molecular weight is 498 g/mol. The van der Waals surface area contributed by atoms with E-state index in [9.17, 15) is 4.79 Å². The van der Waals surface area contributed by atoms with Crippen LogP contribution in [0.25, 0.3) is 22.9 Å². The Morgan fingerprint density at radius 2 is 1.63 bits per heavy atom. The highest BCUT2D eigenvalue weighted by Gasteiger charge is 2.24. The molecule has 0 unspecified atom stereocenters. The number of carbonyl (C=O) groups excluding carboxylic acids is 1. The van der Waals surface area contributed by atoms with Crippen molar-refractivity contribution in [1.82, 2.24) is 9.88 Å². The fourth-order valence-electron chi connectivity index (χ4n) is 4.15. The second-order valence-electron chi connectivity index (χ2n) is 8.49. The van der Waals surface area contributed by atoms with Gasteiger partial charge in [0.15, 0.2) is 5.17 Å². The number of benzene rings is 3. The van der Waals surface area contributed by atoms with Crippen molar-refractivity contribution in [3.05, 3.63) is 111 Å². The van der Waals surface area contributed by atoms with E-state index in [1.165, 1.54) is 22.9 Å². The standard InChI is InChI=1S/C29H24ClN3OS/c1-18-9-12-24(17-26(18)30)31-29-32-28(34)27(35-29)16-23-15-19(2)33(20(23)3)25-13-10-22(11-14-25)21-7-5-4-6-8-21/h4-17H,1-3H3,(H,31,32,34)/b27-16-. The molecular formula is C29H24ClN3OS. The molecule has 0 spiro atoms. The van der Waals surface area contributed by atoms with E-state index in [1.807, 2.05) is 43.3 Å². The Kier molecular flexibility index (Phi) is 6.37. The van der Waals surface area contributed by atoms with Crippen LogP contribution in [0.4, 0.5) is 5.69 Å². The zero-order valence-electron chi connectivity index (χ0n) is 19.7. The van der Waals surface area contributed by atoms with E-state index in [1.54, 1.807) is 6.07 Å². The molecular weight excluding hydrogens is 474 g/mol. The highest BCUT2D eigenvalue weighted by molar-refractivity contribution is 8.18. The van der Waals surface area contributed by atoms with E-state index < -0.39 is 0 Å². The van der Waals surface area contributed by atoms with Crippen LogP contribution in [0.1, 0.15) is 22.5 Å². The summed E-state index contributed by atoms with van der Waals surface area (Å²) >= 11 is 7.55. The van der Waals surface area contributed by atoms with Gasteiger partial charge in [-0.25, -0.2) is 4.99 Å². The Morgan fingerprint density at radius 3 is 2.34 bits per heavy atom. The van der Waals surface area contributed by atoms with Crippen LogP contribution < -0.4 is 5.32 Å². The summed E-state index contributed by atoms with van der Waals surface area (Å²) in [6.45, 7) is 6.10. The first-order valence-corrected chi connectivity index (χ1v) is 12.5. The molecule has 174 valence electrons. The SMILES string of the molecule is Cc1ccc(N=C2NC(=O)/C(=C/c3cc(C)n(-c4ccc(-c5ccccc5)cc4)c3C)S2)cc1Cl. The van der Waals surface area contributed by atoms with E-state index in [0.717, 1.165) is 28.2 Å². The number of rotatable bonds is 4. The summed E-state index contributed by atoms with van der Waals surface area (Å²) in [5.74, 6) is -0.149. The molecule has 0 saturated carbocycles. The number of hydrogen-bond acceptors (Lipinski definition) is 3. The second kappa shape index (κ2) is 9.61. The van der Waals surface area contributed by atoms with Crippen LogP contribution >= 0.6 is 23.4 Å². The van der Waals surface area contributed by atoms with E-state index in [-0.39, 0.29) is 5.91 Å². The summed E-state index contributed by atoms with van der Waals surface area (Å²) in [4.78, 5) is 17.8. The van der Waals surface area contributed by atoms with Gasteiger partial charge in [-0.1, -0.05) is 60.1 Å². The lowest BCUT2D eigenvalue weighted by molar-refractivity contribution is -0.115. The molecule has 4 aromatic rings. The minimum atomic E-state index is -0.149. The second-order valence-corrected chi connectivity index (χ2v) is 9.93. The predicted octanol–water partition coefficient (Wildman–Crippen LogP) is 7.61. The average Bonchev–Trinajstić information content (AvgIpc) is 3.34.